The maximum atomic E-state index is 5.40. The van der Waals surface area contributed by atoms with Crippen molar-refractivity contribution in [2.24, 2.45) is 4.99 Å². The van der Waals surface area contributed by atoms with Crippen molar-refractivity contribution in [3.8, 4) is 5.75 Å². The van der Waals surface area contributed by atoms with Crippen LogP contribution in [0, 0.1) is 0 Å². The number of aryl methyl sites for hydroxylation is 1. The first-order valence-electron chi connectivity index (χ1n) is 6.67. The lowest BCUT2D eigenvalue weighted by atomic mass is 10.1. The van der Waals surface area contributed by atoms with Crippen molar-refractivity contribution in [1.82, 2.24) is 0 Å². The lowest BCUT2D eigenvalue weighted by Crippen LogP contribution is -1.91. The van der Waals surface area contributed by atoms with Gasteiger partial charge in [-0.1, -0.05) is 19.1 Å². The maximum absolute atomic E-state index is 5.40. The number of aliphatic imine (C=N–C) groups is 1. The zero-order valence-corrected chi connectivity index (χ0v) is 11.5. The molecular formula is C17H19NO. The normalized spacial score (nSPS) is 10.8. The van der Waals surface area contributed by atoms with Gasteiger partial charge in [0, 0.05) is 6.21 Å². The standard InChI is InChI=1S/C17H19NO/c1-3-14-5-9-16(10-6-14)18-13-15-7-11-17(12-8-15)19-4-2/h5-13H,3-4H2,1-2H3. The SMILES string of the molecule is CCOc1ccc(C=Nc2ccc(CC)cc2)cc1. The first-order chi connectivity index (χ1) is 9.31. The smallest absolute Gasteiger partial charge is 0.119 e. The van der Waals surface area contributed by atoms with Gasteiger partial charge in [0.15, 0.2) is 0 Å². The summed E-state index contributed by atoms with van der Waals surface area (Å²) in [6, 6.07) is 16.3. The Morgan fingerprint density at radius 2 is 1.63 bits per heavy atom. The van der Waals surface area contributed by atoms with E-state index in [1.54, 1.807) is 0 Å². The van der Waals surface area contributed by atoms with Crippen LogP contribution in [0.3, 0.4) is 0 Å². The summed E-state index contributed by atoms with van der Waals surface area (Å²) in [6.45, 7) is 4.82. The summed E-state index contributed by atoms with van der Waals surface area (Å²) in [4.78, 5) is 4.46. The molecule has 0 heterocycles. The molecule has 0 aromatic heterocycles. The molecule has 2 aromatic carbocycles. The van der Waals surface area contributed by atoms with Gasteiger partial charge in [0.2, 0.25) is 0 Å². The quantitative estimate of drug-likeness (QED) is 0.724. The minimum atomic E-state index is 0.692. The molecule has 2 heteroatoms. The predicted molar refractivity (Wildman–Crippen MR) is 80.7 cm³/mol. The Balaban J connectivity index is 2.04. The van der Waals surface area contributed by atoms with E-state index in [4.69, 9.17) is 4.74 Å². The molecule has 0 aliphatic heterocycles. The van der Waals surface area contributed by atoms with Crippen LogP contribution in [-0.2, 0) is 6.42 Å². The molecule has 98 valence electrons. The van der Waals surface area contributed by atoms with Crippen LogP contribution in [-0.4, -0.2) is 12.8 Å². The Morgan fingerprint density at radius 3 is 2.21 bits per heavy atom. The lowest BCUT2D eigenvalue weighted by Gasteiger charge is -2.02. The summed E-state index contributed by atoms with van der Waals surface area (Å²) >= 11 is 0. The number of benzene rings is 2. The zero-order valence-electron chi connectivity index (χ0n) is 11.5. The third-order valence-corrected chi connectivity index (χ3v) is 2.90. The van der Waals surface area contributed by atoms with Crippen LogP contribution < -0.4 is 4.74 Å². The van der Waals surface area contributed by atoms with Crippen molar-refractivity contribution in [2.45, 2.75) is 20.3 Å². The molecule has 0 atom stereocenters. The Hall–Kier alpha value is -2.09. The molecule has 0 N–H and O–H groups in total. The van der Waals surface area contributed by atoms with Gasteiger partial charge in [0.1, 0.15) is 5.75 Å². The first kappa shape index (κ1) is 13.3. The first-order valence-corrected chi connectivity index (χ1v) is 6.67. The highest BCUT2D eigenvalue weighted by Gasteiger charge is 1.93. The maximum Gasteiger partial charge on any atom is 0.119 e. The third kappa shape index (κ3) is 3.95. The van der Waals surface area contributed by atoms with Crippen molar-refractivity contribution >= 4 is 11.9 Å². The van der Waals surface area contributed by atoms with E-state index in [9.17, 15) is 0 Å². The fraction of sp³-hybridized carbons (Fsp3) is 0.235. The van der Waals surface area contributed by atoms with E-state index in [1.165, 1.54) is 5.56 Å². The van der Waals surface area contributed by atoms with Gasteiger partial charge in [0.05, 0.1) is 12.3 Å². The van der Waals surface area contributed by atoms with Gasteiger partial charge in [-0.3, -0.25) is 4.99 Å². The lowest BCUT2D eigenvalue weighted by molar-refractivity contribution is 0.340. The Morgan fingerprint density at radius 1 is 0.947 bits per heavy atom. The predicted octanol–water partition coefficient (Wildman–Crippen LogP) is 4.40. The molecule has 0 spiro atoms. The average Bonchev–Trinajstić information content (AvgIpc) is 2.47. The molecule has 0 unspecified atom stereocenters. The molecule has 0 bridgehead atoms. The minimum absolute atomic E-state index is 0.692. The fourth-order valence-electron chi connectivity index (χ4n) is 1.78. The van der Waals surface area contributed by atoms with Gasteiger partial charge in [0.25, 0.3) is 0 Å². The molecule has 0 aliphatic carbocycles. The monoisotopic (exact) mass is 253 g/mol. The second-order valence-electron chi connectivity index (χ2n) is 4.28. The molecular weight excluding hydrogens is 234 g/mol. The van der Waals surface area contributed by atoms with Crippen LogP contribution in [0.5, 0.6) is 5.75 Å². The Kier molecular flexibility index (Phi) is 4.73. The van der Waals surface area contributed by atoms with E-state index in [0.29, 0.717) is 6.61 Å². The summed E-state index contributed by atoms with van der Waals surface area (Å²) in [7, 11) is 0. The van der Waals surface area contributed by atoms with Crippen molar-refractivity contribution in [1.29, 1.82) is 0 Å². The molecule has 2 aromatic rings. The molecule has 19 heavy (non-hydrogen) atoms. The van der Waals surface area contributed by atoms with Crippen LogP contribution in [0.4, 0.5) is 5.69 Å². The van der Waals surface area contributed by atoms with E-state index in [-0.39, 0.29) is 0 Å². The molecule has 2 nitrogen and oxygen atoms in total. The average molecular weight is 253 g/mol. The summed E-state index contributed by atoms with van der Waals surface area (Å²) in [5.41, 5.74) is 3.38. The van der Waals surface area contributed by atoms with Crippen LogP contribution >= 0.6 is 0 Å². The second kappa shape index (κ2) is 6.74. The highest BCUT2D eigenvalue weighted by molar-refractivity contribution is 5.82. The zero-order chi connectivity index (χ0) is 13.5. The van der Waals surface area contributed by atoms with Crippen molar-refractivity contribution in [3.63, 3.8) is 0 Å². The molecule has 0 saturated carbocycles. The van der Waals surface area contributed by atoms with E-state index in [1.807, 2.05) is 49.5 Å². The van der Waals surface area contributed by atoms with Crippen LogP contribution in [0.25, 0.3) is 0 Å². The van der Waals surface area contributed by atoms with Crippen LogP contribution in [0.2, 0.25) is 0 Å². The molecule has 0 radical (unpaired) electrons. The molecule has 2 rings (SSSR count). The topological polar surface area (TPSA) is 21.6 Å². The number of hydrogen-bond donors (Lipinski definition) is 0. The number of rotatable bonds is 5. The van der Waals surface area contributed by atoms with Gasteiger partial charge in [-0.2, -0.15) is 0 Å². The highest BCUT2D eigenvalue weighted by Crippen LogP contribution is 2.15. The molecule has 0 fully saturated rings. The second-order valence-corrected chi connectivity index (χ2v) is 4.28. The summed E-state index contributed by atoms with van der Waals surface area (Å²) in [5.74, 6) is 0.895. The number of hydrogen-bond acceptors (Lipinski definition) is 2. The van der Waals surface area contributed by atoms with Gasteiger partial charge in [-0.15, -0.1) is 0 Å². The van der Waals surface area contributed by atoms with Crippen LogP contribution in [0.15, 0.2) is 53.5 Å². The Bertz CT molecular complexity index is 526. The minimum Gasteiger partial charge on any atom is -0.494 e. The molecule has 0 saturated heterocycles. The summed E-state index contributed by atoms with van der Waals surface area (Å²) in [6.07, 6.45) is 2.93. The van der Waals surface area contributed by atoms with Crippen molar-refractivity contribution in [2.75, 3.05) is 6.61 Å². The van der Waals surface area contributed by atoms with Gasteiger partial charge in [-0.25, -0.2) is 0 Å². The van der Waals surface area contributed by atoms with Crippen LogP contribution in [0.1, 0.15) is 25.0 Å². The molecule has 0 aliphatic rings. The van der Waals surface area contributed by atoms with E-state index in [2.05, 4.69) is 24.0 Å². The Labute approximate surface area is 114 Å². The van der Waals surface area contributed by atoms with Crippen molar-refractivity contribution < 1.29 is 4.74 Å². The van der Waals surface area contributed by atoms with E-state index < -0.39 is 0 Å². The van der Waals surface area contributed by atoms with Gasteiger partial charge >= 0.3 is 0 Å². The van der Waals surface area contributed by atoms with E-state index >= 15 is 0 Å². The fourth-order valence-corrected chi connectivity index (χ4v) is 1.78. The third-order valence-electron chi connectivity index (χ3n) is 2.90. The van der Waals surface area contributed by atoms with Gasteiger partial charge in [-0.05, 0) is 60.9 Å². The number of ether oxygens (including phenoxy) is 1. The van der Waals surface area contributed by atoms with E-state index in [0.717, 1.165) is 23.4 Å². The largest absolute Gasteiger partial charge is 0.494 e. The van der Waals surface area contributed by atoms with Crippen molar-refractivity contribution in [3.05, 3.63) is 59.7 Å². The molecule has 0 amide bonds. The highest BCUT2D eigenvalue weighted by atomic mass is 16.5. The summed E-state index contributed by atoms with van der Waals surface area (Å²) < 4.78 is 5.40. The van der Waals surface area contributed by atoms with Gasteiger partial charge < -0.3 is 4.74 Å². The summed E-state index contributed by atoms with van der Waals surface area (Å²) in [5, 5.41) is 0. The number of nitrogens with zero attached hydrogens (tertiary/aromatic N) is 1.